The summed E-state index contributed by atoms with van der Waals surface area (Å²) in [5.41, 5.74) is -1.65. The van der Waals surface area contributed by atoms with Gasteiger partial charge in [-0.3, -0.25) is 0 Å². The number of carbonyl (C=O) groups is 1. The third kappa shape index (κ3) is 5.86. The molecule has 0 aliphatic heterocycles. The molecule has 0 aromatic heterocycles. The van der Waals surface area contributed by atoms with Crippen LogP contribution < -0.4 is 10.6 Å². The molecule has 1 aromatic carbocycles. The number of alkyl halides is 3. The largest absolute Gasteiger partial charge is 0.419 e. The Hall–Kier alpha value is -1.87. The van der Waals surface area contributed by atoms with Crippen LogP contribution in [0.3, 0.4) is 0 Å². The summed E-state index contributed by atoms with van der Waals surface area (Å²) in [5.74, 6) is -1.42. The van der Waals surface area contributed by atoms with Crippen LogP contribution in [0.1, 0.15) is 12.0 Å². The van der Waals surface area contributed by atoms with Gasteiger partial charge in [0.2, 0.25) is 0 Å². The summed E-state index contributed by atoms with van der Waals surface area (Å²) in [4.78, 5) is 11.5. The van der Waals surface area contributed by atoms with Gasteiger partial charge in [-0.1, -0.05) is 0 Å². The summed E-state index contributed by atoms with van der Waals surface area (Å²) in [5, 5.41) is 13.9. The maximum absolute atomic E-state index is 13.1. The second-order valence-corrected chi connectivity index (χ2v) is 4.47. The molecule has 0 heterocycles. The molecule has 1 rings (SSSR count). The average Bonchev–Trinajstić information content (AvgIpc) is 2.40. The highest BCUT2D eigenvalue weighted by atomic mass is 19.4. The lowest BCUT2D eigenvalue weighted by Crippen LogP contribution is -2.32. The van der Waals surface area contributed by atoms with E-state index in [1.165, 1.54) is 7.11 Å². The molecule has 0 bridgehead atoms. The van der Waals surface area contributed by atoms with Crippen LogP contribution in [0, 0.1) is 5.82 Å². The molecule has 0 saturated carbocycles. The molecule has 9 heteroatoms. The Labute approximate surface area is 124 Å². The number of amides is 2. The van der Waals surface area contributed by atoms with Gasteiger partial charge < -0.3 is 20.5 Å². The molecule has 22 heavy (non-hydrogen) atoms. The lowest BCUT2D eigenvalue weighted by molar-refractivity contribution is -0.139. The van der Waals surface area contributed by atoms with E-state index in [9.17, 15) is 27.5 Å². The van der Waals surface area contributed by atoms with Crippen molar-refractivity contribution in [2.75, 3.05) is 25.6 Å². The van der Waals surface area contributed by atoms with Crippen molar-refractivity contribution in [3.63, 3.8) is 0 Å². The van der Waals surface area contributed by atoms with Gasteiger partial charge in [-0.2, -0.15) is 13.2 Å². The molecular weight excluding hydrogens is 308 g/mol. The van der Waals surface area contributed by atoms with Crippen molar-refractivity contribution >= 4 is 11.7 Å². The number of methoxy groups -OCH3 is 1. The van der Waals surface area contributed by atoms with Crippen LogP contribution in [-0.2, 0) is 10.9 Å². The lowest BCUT2D eigenvalue weighted by atomic mass is 10.2. The van der Waals surface area contributed by atoms with Crippen LogP contribution >= 0.6 is 0 Å². The average molecular weight is 324 g/mol. The number of hydrogen-bond acceptors (Lipinski definition) is 3. The topological polar surface area (TPSA) is 70.6 Å². The first-order chi connectivity index (χ1) is 10.2. The third-order valence-corrected chi connectivity index (χ3v) is 2.65. The van der Waals surface area contributed by atoms with Crippen LogP contribution in [0.15, 0.2) is 18.2 Å². The minimum atomic E-state index is -4.84. The molecule has 5 nitrogen and oxygen atoms in total. The highest BCUT2D eigenvalue weighted by Gasteiger charge is 2.34. The zero-order valence-electron chi connectivity index (χ0n) is 11.7. The third-order valence-electron chi connectivity index (χ3n) is 2.65. The van der Waals surface area contributed by atoms with Gasteiger partial charge in [0, 0.05) is 19.3 Å². The molecule has 0 spiro atoms. The van der Waals surface area contributed by atoms with E-state index in [0.717, 1.165) is 6.07 Å². The van der Waals surface area contributed by atoms with Gasteiger partial charge in [0.15, 0.2) is 0 Å². The van der Waals surface area contributed by atoms with E-state index in [1.54, 1.807) is 0 Å². The van der Waals surface area contributed by atoms with Gasteiger partial charge in [0.1, 0.15) is 5.82 Å². The summed E-state index contributed by atoms with van der Waals surface area (Å²) in [6.45, 7) is 0.208. The van der Waals surface area contributed by atoms with Crippen molar-refractivity contribution in [3.8, 4) is 0 Å². The monoisotopic (exact) mass is 324 g/mol. The Morgan fingerprint density at radius 2 is 2.09 bits per heavy atom. The first-order valence-electron chi connectivity index (χ1n) is 6.32. The van der Waals surface area contributed by atoms with Gasteiger partial charge in [-0.25, -0.2) is 9.18 Å². The smallest absolute Gasteiger partial charge is 0.391 e. The number of carbonyl (C=O) groups excluding carboxylic acids is 1. The number of aliphatic hydroxyl groups is 1. The maximum atomic E-state index is 13.1. The number of halogens is 4. The number of anilines is 1. The quantitative estimate of drug-likeness (QED) is 0.704. The molecule has 1 aromatic rings. The predicted molar refractivity (Wildman–Crippen MR) is 70.9 cm³/mol. The fraction of sp³-hybridized carbons (Fsp3) is 0.462. The van der Waals surface area contributed by atoms with E-state index in [-0.39, 0.29) is 25.3 Å². The minimum absolute atomic E-state index is 0.101. The normalized spacial score (nSPS) is 12.8. The van der Waals surface area contributed by atoms with Crippen molar-refractivity contribution in [2.24, 2.45) is 0 Å². The van der Waals surface area contributed by atoms with Gasteiger partial charge >= 0.3 is 12.2 Å². The van der Waals surface area contributed by atoms with Crippen molar-refractivity contribution in [1.82, 2.24) is 5.32 Å². The van der Waals surface area contributed by atoms with Crippen LogP contribution in [0.2, 0.25) is 0 Å². The number of rotatable bonds is 6. The zero-order chi connectivity index (χ0) is 16.8. The highest BCUT2D eigenvalue weighted by Crippen LogP contribution is 2.32. The van der Waals surface area contributed by atoms with E-state index in [2.05, 4.69) is 10.6 Å². The predicted octanol–water partition coefficient (Wildman–Crippen LogP) is 2.36. The Balaban J connectivity index is 2.55. The van der Waals surface area contributed by atoms with E-state index in [0.29, 0.717) is 12.1 Å². The molecule has 1 atom stereocenters. The zero-order valence-corrected chi connectivity index (χ0v) is 11.7. The van der Waals surface area contributed by atoms with Crippen molar-refractivity contribution in [3.05, 3.63) is 29.6 Å². The second kappa shape index (κ2) is 7.95. The van der Waals surface area contributed by atoms with Crippen LogP contribution in [0.4, 0.5) is 28.0 Å². The van der Waals surface area contributed by atoms with Crippen LogP contribution in [-0.4, -0.2) is 37.5 Å². The molecule has 0 radical (unpaired) electrons. The SMILES string of the molecule is COCC(O)CCNC(=O)Nc1ccc(F)c(C(F)(F)F)c1. The first kappa shape index (κ1) is 18.2. The van der Waals surface area contributed by atoms with Crippen molar-refractivity contribution in [1.29, 1.82) is 0 Å². The van der Waals surface area contributed by atoms with Gasteiger partial charge in [0.05, 0.1) is 18.3 Å². The Kier molecular flexibility index (Phi) is 6.57. The number of aliphatic hydroxyl groups excluding tert-OH is 1. The first-order valence-corrected chi connectivity index (χ1v) is 6.32. The lowest BCUT2D eigenvalue weighted by Gasteiger charge is -2.13. The molecule has 0 fully saturated rings. The standard InChI is InChI=1S/C13H16F4N2O3/c1-22-7-9(20)4-5-18-12(21)19-8-2-3-11(14)10(6-8)13(15,16)17/h2-3,6,9,20H,4-5,7H2,1H3,(H2,18,19,21). The summed E-state index contributed by atoms with van der Waals surface area (Å²) in [6.07, 6.45) is -5.38. The highest BCUT2D eigenvalue weighted by molar-refractivity contribution is 5.89. The molecule has 0 aliphatic carbocycles. The van der Waals surface area contributed by atoms with Crippen LogP contribution in [0.5, 0.6) is 0 Å². The molecule has 124 valence electrons. The Morgan fingerprint density at radius 1 is 1.41 bits per heavy atom. The van der Waals surface area contributed by atoms with E-state index < -0.39 is 29.7 Å². The number of urea groups is 1. The van der Waals surface area contributed by atoms with Crippen molar-refractivity contribution < 1.29 is 32.2 Å². The maximum Gasteiger partial charge on any atom is 0.419 e. The van der Waals surface area contributed by atoms with Gasteiger partial charge in [-0.05, 0) is 24.6 Å². The fourth-order valence-electron chi connectivity index (χ4n) is 1.62. The van der Waals surface area contributed by atoms with E-state index >= 15 is 0 Å². The molecule has 2 amide bonds. The van der Waals surface area contributed by atoms with E-state index in [1.807, 2.05) is 0 Å². The molecule has 3 N–H and O–H groups in total. The number of hydrogen-bond donors (Lipinski definition) is 3. The fourth-order valence-corrected chi connectivity index (χ4v) is 1.62. The van der Waals surface area contributed by atoms with E-state index in [4.69, 9.17) is 4.74 Å². The molecule has 0 aliphatic rings. The molecular formula is C13H16F4N2O3. The molecule has 1 unspecified atom stereocenters. The second-order valence-electron chi connectivity index (χ2n) is 4.47. The summed E-state index contributed by atoms with van der Waals surface area (Å²) in [6, 6.07) is 1.39. The van der Waals surface area contributed by atoms with Gasteiger partial charge in [-0.15, -0.1) is 0 Å². The van der Waals surface area contributed by atoms with Crippen LogP contribution in [0.25, 0.3) is 0 Å². The Morgan fingerprint density at radius 3 is 2.68 bits per heavy atom. The Bertz CT molecular complexity index is 509. The minimum Gasteiger partial charge on any atom is -0.391 e. The summed E-state index contributed by atoms with van der Waals surface area (Å²) < 4.78 is 55.3. The molecule has 0 saturated heterocycles. The number of ether oxygens (including phenoxy) is 1. The van der Waals surface area contributed by atoms with Gasteiger partial charge in [0.25, 0.3) is 0 Å². The number of nitrogens with one attached hydrogen (secondary N) is 2. The summed E-state index contributed by atoms with van der Waals surface area (Å²) >= 11 is 0. The van der Waals surface area contributed by atoms with Crippen molar-refractivity contribution in [2.45, 2.75) is 18.7 Å². The summed E-state index contributed by atoms with van der Waals surface area (Å²) in [7, 11) is 1.41. The number of benzene rings is 1.